The number of amides is 1. The van der Waals surface area contributed by atoms with Crippen molar-refractivity contribution in [3.05, 3.63) is 59.1 Å². The van der Waals surface area contributed by atoms with Gasteiger partial charge in [0.15, 0.2) is 6.61 Å². The van der Waals surface area contributed by atoms with Crippen molar-refractivity contribution in [2.24, 2.45) is 0 Å². The van der Waals surface area contributed by atoms with Crippen LogP contribution in [-0.4, -0.2) is 44.3 Å². The van der Waals surface area contributed by atoms with Crippen LogP contribution >= 0.6 is 11.6 Å². The number of sulfonamides is 1. The Morgan fingerprint density at radius 1 is 1.03 bits per heavy atom. The highest BCUT2D eigenvalue weighted by atomic mass is 35.5. The van der Waals surface area contributed by atoms with E-state index in [1.165, 1.54) is 28.6 Å². The van der Waals surface area contributed by atoms with Crippen molar-refractivity contribution < 1.29 is 22.7 Å². The predicted octanol–water partition coefficient (Wildman–Crippen LogP) is 3.31. The Morgan fingerprint density at radius 2 is 1.72 bits per heavy atom. The van der Waals surface area contributed by atoms with Crippen LogP contribution in [0.3, 0.4) is 0 Å². The van der Waals surface area contributed by atoms with Crippen LogP contribution in [0.4, 0.5) is 5.69 Å². The van der Waals surface area contributed by atoms with Crippen LogP contribution in [0.2, 0.25) is 5.02 Å². The minimum atomic E-state index is -3.56. The molecule has 0 aromatic heterocycles. The van der Waals surface area contributed by atoms with Gasteiger partial charge in [0.2, 0.25) is 10.0 Å². The van der Waals surface area contributed by atoms with Gasteiger partial charge in [0.25, 0.3) is 5.91 Å². The minimum absolute atomic E-state index is 0.134. The molecule has 0 aliphatic carbocycles. The smallest absolute Gasteiger partial charge is 0.338 e. The zero-order valence-electron chi connectivity index (χ0n) is 15.6. The van der Waals surface area contributed by atoms with Crippen LogP contribution < -0.4 is 5.32 Å². The van der Waals surface area contributed by atoms with E-state index in [-0.39, 0.29) is 10.5 Å². The van der Waals surface area contributed by atoms with Gasteiger partial charge in [0.1, 0.15) is 0 Å². The third kappa shape index (κ3) is 5.56. The van der Waals surface area contributed by atoms with E-state index in [0.717, 1.165) is 19.3 Å². The Bertz CT molecular complexity index is 986. The molecule has 2 aromatic carbocycles. The number of hydrogen-bond acceptors (Lipinski definition) is 5. The normalized spacial score (nSPS) is 14.9. The van der Waals surface area contributed by atoms with Crippen LogP contribution in [-0.2, 0) is 19.6 Å². The lowest BCUT2D eigenvalue weighted by atomic mass is 10.2. The van der Waals surface area contributed by atoms with Crippen LogP contribution in [0.25, 0.3) is 0 Å². The maximum Gasteiger partial charge on any atom is 0.338 e. The third-order valence-corrected chi connectivity index (χ3v) is 6.63. The van der Waals surface area contributed by atoms with Gasteiger partial charge in [0.05, 0.1) is 10.5 Å². The fraction of sp³-hybridized carbons (Fsp3) is 0.300. The second kappa shape index (κ2) is 9.39. The summed E-state index contributed by atoms with van der Waals surface area (Å²) in [6, 6.07) is 12.1. The van der Waals surface area contributed by atoms with Crippen molar-refractivity contribution in [1.82, 2.24) is 4.31 Å². The first-order chi connectivity index (χ1) is 13.9. The molecule has 7 nitrogen and oxygen atoms in total. The van der Waals surface area contributed by atoms with E-state index in [9.17, 15) is 18.0 Å². The number of nitrogens with one attached hydrogen (secondary N) is 1. The van der Waals surface area contributed by atoms with Crippen molar-refractivity contribution in [3.8, 4) is 0 Å². The Morgan fingerprint density at radius 3 is 2.38 bits per heavy atom. The van der Waals surface area contributed by atoms with Crippen LogP contribution in [0.15, 0.2) is 53.4 Å². The largest absolute Gasteiger partial charge is 0.452 e. The molecule has 1 aliphatic heterocycles. The van der Waals surface area contributed by atoms with Gasteiger partial charge in [-0.25, -0.2) is 13.2 Å². The lowest BCUT2D eigenvalue weighted by Crippen LogP contribution is -2.35. The first-order valence-corrected chi connectivity index (χ1v) is 11.0. The van der Waals surface area contributed by atoms with Crippen LogP contribution in [0.5, 0.6) is 0 Å². The van der Waals surface area contributed by atoms with E-state index >= 15 is 0 Å². The summed E-state index contributed by atoms with van der Waals surface area (Å²) in [6.45, 7) is 0.543. The molecule has 0 atom stereocenters. The standard InChI is InChI=1S/C20H21ClN2O5S/c21-16-5-4-6-17(13-16)22-19(24)14-28-20(25)15-7-9-18(10-8-15)29(26,27)23-11-2-1-3-12-23/h4-10,13H,1-3,11-12,14H2,(H,22,24). The molecule has 1 heterocycles. The number of carbonyl (C=O) groups is 2. The molecule has 1 amide bonds. The summed E-state index contributed by atoms with van der Waals surface area (Å²) in [7, 11) is -3.56. The number of benzene rings is 2. The van der Waals surface area contributed by atoms with E-state index in [2.05, 4.69) is 5.32 Å². The van der Waals surface area contributed by atoms with Gasteiger partial charge in [-0.3, -0.25) is 4.79 Å². The number of hydrogen-bond donors (Lipinski definition) is 1. The average molecular weight is 437 g/mol. The molecule has 1 fully saturated rings. The maximum absolute atomic E-state index is 12.6. The SMILES string of the molecule is O=C(COC(=O)c1ccc(S(=O)(=O)N2CCCCC2)cc1)Nc1cccc(Cl)c1. The number of halogens is 1. The van der Waals surface area contributed by atoms with Crippen LogP contribution in [0, 0.1) is 0 Å². The van der Waals surface area contributed by atoms with Crippen molar-refractivity contribution in [2.75, 3.05) is 25.0 Å². The summed E-state index contributed by atoms with van der Waals surface area (Å²) < 4.78 is 31.7. The van der Waals surface area contributed by atoms with Crippen molar-refractivity contribution >= 4 is 39.2 Å². The monoisotopic (exact) mass is 436 g/mol. The Labute approximate surface area is 174 Å². The molecule has 0 radical (unpaired) electrons. The molecule has 0 bridgehead atoms. The van der Waals surface area contributed by atoms with Gasteiger partial charge >= 0.3 is 5.97 Å². The van der Waals surface area contributed by atoms with Gasteiger partial charge in [-0.1, -0.05) is 24.1 Å². The number of nitrogens with zero attached hydrogens (tertiary/aromatic N) is 1. The summed E-state index contributed by atoms with van der Waals surface area (Å²) in [5.74, 6) is -1.22. The molecule has 1 aliphatic rings. The van der Waals surface area contributed by atoms with E-state index in [4.69, 9.17) is 16.3 Å². The topological polar surface area (TPSA) is 92.8 Å². The molecule has 9 heteroatoms. The Kier molecular flexibility index (Phi) is 6.89. The van der Waals surface area contributed by atoms with E-state index in [0.29, 0.717) is 23.8 Å². The zero-order chi connectivity index (χ0) is 20.9. The minimum Gasteiger partial charge on any atom is -0.452 e. The molecule has 0 unspecified atom stereocenters. The molecule has 0 saturated carbocycles. The highest BCUT2D eigenvalue weighted by Crippen LogP contribution is 2.21. The quantitative estimate of drug-likeness (QED) is 0.701. The number of ether oxygens (including phenoxy) is 1. The highest BCUT2D eigenvalue weighted by Gasteiger charge is 2.26. The van der Waals surface area contributed by atoms with E-state index in [1.807, 2.05) is 0 Å². The summed E-state index contributed by atoms with van der Waals surface area (Å²) in [5, 5.41) is 3.04. The number of anilines is 1. The Balaban J connectivity index is 1.56. The van der Waals surface area contributed by atoms with Crippen molar-refractivity contribution in [1.29, 1.82) is 0 Å². The molecule has 1 N–H and O–H groups in total. The van der Waals surface area contributed by atoms with Gasteiger partial charge in [-0.2, -0.15) is 4.31 Å². The summed E-state index contributed by atoms with van der Waals surface area (Å²) in [5.41, 5.74) is 0.656. The zero-order valence-corrected chi connectivity index (χ0v) is 17.2. The van der Waals surface area contributed by atoms with Gasteiger partial charge < -0.3 is 10.1 Å². The van der Waals surface area contributed by atoms with Crippen molar-refractivity contribution in [3.63, 3.8) is 0 Å². The molecular weight excluding hydrogens is 416 g/mol. The van der Waals surface area contributed by atoms with Crippen molar-refractivity contribution in [2.45, 2.75) is 24.2 Å². The molecular formula is C20H21ClN2O5S. The van der Waals surface area contributed by atoms with Gasteiger partial charge in [-0.15, -0.1) is 0 Å². The second-order valence-electron chi connectivity index (χ2n) is 6.62. The van der Waals surface area contributed by atoms with Crippen LogP contribution in [0.1, 0.15) is 29.6 Å². The fourth-order valence-corrected chi connectivity index (χ4v) is 4.70. The Hall–Kier alpha value is -2.42. The molecule has 0 spiro atoms. The first-order valence-electron chi connectivity index (χ1n) is 9.19. The number of rotatable bonds is 6. The predicted molar refractivity (Wildman–Crippen MR) is 109 cm³/mol. The van der Waals surface area contributed by atoms with E-state index < -0.39 is 28.5 Å². The first kappa shape index (κ1) is 21.3. The highest BCUT2D eigenvalue weighted by molar-refractivity contribution is 7.89. The maximum atomic E-state index is 12.6. The fourth-order valence-electron chi connectivity index (χ4n) is 3.00. The van der Waals surface area contributed by atoms with Gasteiger partial charge in [0, 0.05) is 23.8 Å². The molecule has 2 aromatic rings. The molecule has 154 valence electrons. The summed E-state index contributed by atoms with van der Waals surface area (Å²) in [4.78, 5) is 24.2. The number of carbonyl (C=O) groups excluding carboxylic acids is 2. The second-order valence-corrected chi connectivity index (χ2v) is 9.00. The lowest BCUT2D eigenvalue weighted by Gasteiger charge is -2.25. The van der Waals surface area contributed by atoms with Gasteiger partial charge in [-0.05, 0) is 55.3 Å². The number of piperidine rings is 1. The average Bonchev–Trinajstić information content (AvgIpc) is 2.73. The molecule has 3 rings (SSSR count). The molecule has 29 heavy (non-hydrogen) atoms. The molecule has 1 saturated heterocycles. The number of esters is 1. The van der Waals surface area contributed by atoms with E-state index in [1.54, 1.807) is 24.3 Å². The third-order valence-electron chi connectivity index (χ3n) is 4.49. The summed E-state index contributed by atoms with van der Waals surface area (Å²) >= 11 is 5.85. The summed E-state index contributed by atoms with van der Waals surface area (Å²) in [6.07, 6.45) is 2.73. The lowest BCUT2D eigenvalue weighted by molar-refractivity contribution is -0.119.